The van der Waals surface area contributed by atoms with Crippen LogP contribution < -0.4 is 11.1 Å². The monoisotopic (exact) mass is 231 g/mol. The van der Waals surface area contributed by atoms with Gasteiger partial charge < -0.3 is 11.1 Å². The molecule has 0 unspecified atom stereocenters. The van der Waals surface area contributed by atoms with E-state index in [0.717, 1.165) is 35.7 Å². The standard InChI is InChI=1S/C12H17N5/c1-9-7-10(3-4-11(9)13)14-6-5-12-15-8-17(2)16-12/h3-4,7-8,14H,5-6,13H2,1-2H3. The molecule has 1 heterocycles. The predicted octanol–water partition coefficient (Wildman–Crippen LogP) is 1.36. The van der Waals surface area contributed by atoms with Crippen LogP contribution in [0.5, 0.6) is 0 Å². The van der Waals surface area contributed by atoms with E-state index in [9.17, 15) is 0 Å². The molecule has 0 saturated carbocycles. The Kier molecular flexibility index (Phi) is 3.27. The highest BCUT2D eigenvalue weighted by Crippen LogP contribution is 2.16. The zero-order chi connectivity index (χ0) is 12.3. The van der Waals surface area contributed by atoms with Crippen LogP contribution in [-0.4, -0.2) is 21.3 Å². The molecule has 0 radical (unpaired) electrons. The van der Waals surface area contributed by atoms with Crippen molar-refractivity contribution in [3.8, 4) is 0 Å². The Morgan fingerprint density at radius 2 is 2.24 bits per heavy atom. The van der Waals surface area contributed by atoms with Crippen LogP contribution in [-0.2, 0) is 13.5 Å². The molecule has 0 aliphatic carbocycles. The first kappa shape index (κ1) is 11.4. The Bertz CT molecular complexity index is 503. The highest BCUT2D eigenvalue weighted by Gasteiger charge is 1.99. The Morgan fingerprint density at radius 3 is 2.88 bits per heavy atom. The molecule has 1 aromatic heterocycles. The Morgan fingerprint density at radius 1 is 1.41 bits per heavy atom. The van der Waals surface area contributed by atoms with Gasteiger partial charge in [0.25, 0.3) is 0 Å². The minimum absolute atomic E-state index is 0.810. The van der Waals surface area contributed by atoms with E-state index in [2.05, 4.69) is 15.4 Å². The van der Waals surface area contributed by atoms with Crippen molar-refractivity contribution >= 4 is 11.4 Å². The lowest BCUT2D eigenvalue weighted by Crippen LogP contribution is -2.06. The van der Waals surface area contributed by atoms with Crippen LogP contribution in [0.4, 0.5) is 11.4 Å². The first-order valence-corrected chi connectivity index (χ1v) is 5.59. The first-order valence-electron chi connectivity index (χ1n) is 5.59. The minimum Gasteiger partial charge on any atom is -0.399 e. The van der Waals surface area contributed by atoms with Crippen molar-refractivity contribution in [1.82, 2.24) is 14.8 Å². The quantitative estimate of drug-likeness (QED) is 0.780. The molecular formula is C12H17N5. The molecule has 0 amide bonds. The van der Waals surface area contributed by atoms with Gasteiger partial charge in [-0.1, -0.05) is 0 Å². The average molecular weight is 231 g/mol. The van der Waals surface area contributed by atoms with Gasteiger partial charge in [-0.2, -0.15) is 5.10 Å². The van der Waals surface area contributed by atoms with Gasteiger partial charge in [-0.25, -0.2) is 4.98 Å². The summed E-state index contributed by atoms with van der Waals surface area (Å²) in [5, 5.41) is 7.54. The average Bonchev–Trinajstić information content (AvgIpc) is 2.70. The van der Waals surface area contributed by atoms with Gasteiger partial charge in [0.05, 0.1) is 0 Å². The summed E-state index contributed by atoms with van der Waals surface area (Å²) >= 11 is 0. The fourth-order valence-corrected chi connectivity index (χ4v) is 1.60. The number of nitrogens with one attached hydrogen (secondary N) is 1. The molecule has 90 valence electrons. The molecule has 0 aliphatic heterocycles. The van der Waals surface area contributed by atoms with Crippen molar-refractivity contribution in [2.24, 2.45) is 7.05 Å². The van der Waals surface area contributed by atoms with E-state index in [1.807, 2.05) is 32.2 Å². The lowest BCUT2D eigenvalue weighted by atomic mass is 10.2. The van der Waals surface area contributed by atoms with Gasteiger partial charge in [-0.15, -0.1) is 0 Å². The molecule has 2 aromatic rings. The maximum absolute atomic E-state index is 5.76. The molecule has 5 nitrogen and oxygen atoms in total. The number of benzene rings is 1. The summed E-state index contributed by atoms with van der Waals surface area (Å²) in [5.41, 5.74) is 8.75. The fraction of sp³-hybridized carbons (Fsp3) is 0.333. The molecule has 0 spiro atoms. The van der Waals surface area contributed by atoms with Gasteiger partial charge in [-0.3, -0.25) is 4.68 Å². The van der Waals surface area contributed by atoms with Crippen LogP contribution in [0.25, 0.3) is 0 Å². The summed E-state index contributed by atoms with van der Waals surface area (Å²) < 4.78 is 1.71. The van der Waals surface area contributed by atoms with Crippen LogP contribution in [0, 0.1) is 6.92 Å². The number of hydrogen-bond acceptors (Lipinski definition) is 4. The smallest absolute Gasteiger partial charge is 0.152 e. The normalized spacial score (nSPS) is 10.5. The zero-order valence-corrected chi connectivity index (χ0v) is 10.1. The molecule has 5 heteroatoms. The van der Waals surface area contributed by atoms with E-state index in [1.165, 1.54) is 0 Å². The fourth-order valence-electron chi connectivity index (χ4n) is 1.60. The predicted molar refractivity (Wildman–Crippen MR) is 68.8 cm³/mol. The molecule has 2 rings (SSSR count). The molecule has 0 bridgehead atoms. The Labute approximate surface area is 101 Å². The number of aromatic nitrogens is 3. The van der Waals surface area contributed by atoms with Crippen molar-refractivity contribution in [3.63, 3.8) is 0 Å². The second-order valence-corrected chi connectivity index (χ2v) is 4.08. The zero-order valence-electron chi connectivity index (χ0n) is 10.1. The molecule has 0 aliphatic rings. The van der Waals surface area contributed by atoms with E-state index in [-0.39, 0.29) is 0 Å². The summed E-state index contributed by atoms with van der Waals surface area (Å²) in [6.07, 6.45) is 2.52. The third-order valence-electron chi connectivity index (χ3n) is 2.59. The maximum Gasteiger partial charge on any atom is 0.152 e. The molecule has 17 heavy (non-hydrogen) atoms. The van der Waals surface area contributed by atoms with Crippen LogP contribution in [0.2, 0.25) is 0 Å². The number of aryl methyl sites for hydroxylation is 2. The number of hydrogen-bond donors (Lipinski definition) is 2. The van der Waals surface area contributed by atoms with Crippen molar-refractivity contribution in [2.45, 2.75) is 13.3 Å². The van der Waals surface area contributed by atoms with Gasteiger partial charge in [0.1, 0.15) is 6.33 Å². The molecule has 0 atom stereocenters. The third kappa shape index (κ3) is 2.96. The van der Waals surface area contributed by atoms with Crippen molar-refractivity contribution < 1.29 is 0 Å². The van der Waals surface area contributed by atoms with E-state index in [4.69, 9.17) is 5.73 Å². The number of nitrogen functional groups attached to an aromatic ring is 1. The maximum atomic E-state index is 5.76. The molecule has 0 saturated heterocycles. The molecular weight excluding hydrogens is 214 g/mol. The Hall–Kier alpha value is -2.04. The molecule has 0 fully saturated rings. The van der Waals surface area contributed by atoms with Crippen LogP contribution in [0.15, 0.2) is 24.5 Å². The van der Waals surface area contributed by atoms with Gasteiger partial charge in [0.2, 0.25) is 0 Å². The van der Waals surface area contributed by atoms with Crippen molar-refractivity contribution in [3.05, 3.63) is 35.9 Å². The summed E-state index contributed by atoms with van der Waals surface area (Å²) in [6, 6.07) is 5.94. The van der Waals surface area contributed by atoms with Crippen LogP contribution in [0.1, 0.15) is 11.4 Å². The van der Waals surface area contributed by atoms with Crippen LogP contribution >= 0.6 is 0 Å². The highest BCUT2D eigenvalue weighted by atomic mass is 15.3. The summed E-state index contributed by atoms with van der Waals surface area (Å²) in [4.78, 5) is 4.17. The van der Waals surface area contributed by atoms with E-state index < -0.39 is 0 Å². The third-order valence-corrected chi connectivity index (χ3v) is 2.59. The van der Waals surface area contributed by atoms with Gasteiger partial charge >= 0.3 is 0 Å². The minimum atomic E-state index is 0.810. The number of anilines is 2. The Balaban J connectivity index is 1.87. The molecule has 3 N–H and O–H groups in total. The van der Waals surface area contributed by atoms with Crippen molar-refractivity contribution in [2.75, 3.05) is 17.6 Å². The lowest BCUT2D eigenvalue weighted by Gasteiger charge is -2.07. The van der Waals surface area contributed by atoms with Crippen LogP contribution in [0.3, 0.4) is 0 Å². The lowest BCUT2D eigenvalue weighted by molar-refractivity contribution is 0.742. The SMILES string of the molecule is Cc1cc(NCCc2ncn(C)n2)ccc1N. The topological polar surface area (TPSA) is 68.8 Å². The molecule has 1 aromatic carbocycles. The second kappa shape index (κ2) is 4.86. The van der Waals surface area contributed by atoms with Gasteiger partial charge in [0, 0.05) is 31.4 Å². The van der Waals surface area contributed by atoms with E-state index in [1.54, 1.807) is 11.0 Å². The summed E-state index contributed by atoms with van der Waals surface area (Å²) in [6.45, 7) is 2.81. The second-order valence-electron chi connectivity index (χ2n) is 4.08. The van der Waals surface area contributed by atoms with E-state index in [0.29, 0.717) is 0 Å². The van der Waals surface area contributed by atoms with Gasteiger partial charge in [0.15, 0.2) is 5.82 Å². The highest BCUT2D eigenvalue weighted by molar-refractivity contribution is 5.56. The summed E-state index contributed by atoms with van der Waals surface area (Å²) in [7, 11) is 1.87. The number of nitrogens with two attached hydrogens (primary N) is 1. The first-order chi connectivity index (χ1) is 8.15. The largest absolute Gasteiger partial charge is 0.399 e. The van der Waals surface area contributed by atoms with Crippen molar-refractivity contribution in [1.29, 1.82) is 0 Å². The van der Waals surface area contributed by atoms with E-state index >= 15 is 0 Å². The van der Waals surface area contributed by atoms with Gasteiger partial charge in [-0.05, 0) is 30.7 Å². The number of rotatable bonds is 4. The number of nitrogens with zero attached hydrogens (tertiary/aromatic N) is 3. The summed E-state index contributed by atoms with van der Waals surface area (Å²) in [5.74, 6) is 0.854.